The lowest BCUT2D eigenvalue weighted by Crippen LogP contribution is -2.34. The number of hydrogen-bond acceptors (Lipinski definition) is 3. The minimum absolute atomic E-state index is 0.0141. The molecule has 234 valence electrons. The van der Waals surface area contributed by atoms with Gasteiger partial charge in [0, 0.05) is 66.6 Å². The van der Waals surface area contributed by atoms with Gasteiger partial charge >= 0.3 is 0 Å². The molecule has 0 spiro atoms. The highest BCUT2D eigenvalue weighted by atomic mass is 16.1. The molecule has 0 saturated carbocycles. The maximum atomic E-state index is 12.2. The average molecular weight is 594 g/mol. The number of benzene rings is 2. The largest absolute Gasteiger partial charge is 0.355 e. The van der Waals surface area contributed by atoms with E-state index >= 15 is 0 Å². The average Bonchev–Trinajstić information content (AvgIpc) is 3.33. The lowest BCUT2D eigenvalue weighted by molar-refractivity contribution is -0.401. The highest BCUT2D eigenvalue weighted by Gasteiger charge is 2.42. The van der Waals surface area contributed by atoms with Gasteiger partial charge in [-0.2, -0.15) is 4.58 Å². The number of nitrogens with one attached hydrogen (secondary N) is 2. The number of carbonyl (C=O) groups is 1. The van der Waals surface area contributed by atoms with Gasteiger partial charge in [0.05, 0.1) is 5.41 Å². The van der Waals surface area contributed by atoms with Gasteiger partial charge in [-0.25, -0.2) is 0 Å². The van der Waals surface area contributed by atoms with Crippen molar-refractivity contribution in [3.05, 3.63) is 108 Å². The number of fused-ring (bicyclic) bond motifs is 2. The van der Waals surface area contributed by atoms with Crippen molar-refractivity contribution in [2.75, 3.05) is 31.6 Å². The van der Waals surface area contributed by atoms with E-state index in [1.165, 1.54) is 33.9 Å². The molecule has 0 saturated heterocycles. The van der Waals surface area contributed by atoms with Crippen LogP contribution in [0.15, 0.2) is 96.8 Å². The maximum absolute atomic E-state index is 12.2. The molecule has 2 aliphatic heterocycles. The number of carbonyl (C=O) groups excluding carboxylic acids is 1. The fraction of sp³-hybridized carbons (Fsp3) is 0.436. The standard InChI is InChI=1S/C39H52N4O/c1-30(2)40-27-28-41-37(44)26-14-11-19-29-43-34-23-18-16-21-32(34)39(5,6)36(43)25-13-10-8-9-12-24-35-38(3,4)31-20-15-17-22-33(31)42(35)7/h8-10,12-13,15-18,20-25,30,40H,11,14,19,26-29H2,1-7H3/p+1. The van der Waals surface area contributed by atoms with Crippen molar-refractivity contribution in [1.82, 2.24) is 10.6 Å². The summed E-state index contributed by atoms with van der Waals surface area (Å²) in [5.41, 5.74) is 7.86. The first kappa shape index (κ1) is 33.2. The Morgan fingerprint density at radius 1 is 0.841 bits per heavy atom. The molecule has 0 radical (unpaired) electrons. The van der Waals surface area contributed by atoms with Gasteiger partial charge in [-0.1, -0.05) is 101 Å². The number of amides is 1. The van der Waals surface area contributed by atoms with Crippen LogP contribution in [-0.2, 0) is 15.6 Å². The van der Waals surface area contributed by atoms with Crippen molar-refractivity contribution >= 4 is 23.0 Å². The second-order valence-electron chi connectivity index (χ2n) is 13.3. The SMILES string of the molecule is CC(C)NCCNC(=O)CCCCCN1/C(=C/C=C/C=C/C=C/C2=[N+](C)c3ccccc3C2(C)C)C(C)(C)c2ccccc21. The third-order valence-corrected chi connectivity index (χ3v) is 8.98. The number of hydrogen-bond donors (Lipinski definition) is 2. The van der Waals surface area contributed by atoms with E-state index in [4.69, 9.17) is 0 Å². The Labute approximate surface area is 266 Å². The lowest BCUT2D eigenvalue weighted by Gasteiger charge is -2.27. The number of unbranched alkanes of at least 4 members (excludes halogenated alkanes) is 2. The molecule has 0 atom stereocenters. The fourth-order valence-electron chi connectivity index (χ4n) is 6.55. The number of rotatable bonds is 14. The molecule has 5 nitrogen and oxygen atoms in total. The van der Waals surface area contributed by atoms with Crippen LogP contribution < -0.4 is 15.5 Å². The molecule has 2 aromatic carbocycles. The first-order chi connectivity index (χ1) is 21.0. The number of anilines is 1. The Morgan fingerprint density at radius 3 is 2.27 bits per heavy atom. The third kappa shape index (κ3) is 7.68. The molecule has 0 aromatic heterocycles. The normalized spacial score (nSPS) is 18.0. The van der Waals surface area contributed by atoms with Gasteiger partial charge < -0.3 is 15.5 Å². The van der Waals surface area contributed by atoms with Crippen LogP contribution in [0.4, 0.5) is 11.4 Å². The Bertz CT molecular complexity index is 1450. The van der Waals surface area contributed by atoms with Crippen LogP contribution in [0.5, 0.6) is 0 Å². The minimum Gasteiger partial charge on any atom is -0.355 e. The minimum atomic E-state index is -0.0707. The number of allylic oxidation sites excluding steroid dienone is 8. The molecule has 0 aliphatic carbocycles. The van der Waals surface area contributed by atoms with E-state index in [0.29, 0.717) is 19.0 Å². The quantitative estimate of drug-likeness (QED) is 0.134. The summed E-state index contributed by atoms with van der Waals surface area (Å²) in [6, 6.07) is 17.9. The highest BCUT2D eigenvalue weighted by Crippen LogP contribution is 2.47. The molecule has 44 heavy (non-hydrogen) atoms. The highest BCUT2D eigenvalue weighted by molar-refractivity contribution is 6.03. The molecule has 1 amide bonds. The van der Waals surface area contributed by atoms with Crippen molar-refractivity contribution in [2.24, 2.45) is 0 Å². The van der Waals surface area contributed by atoms with Crippen molar-refractivity contribution < 1.29 is 9.37 Å². The van der Waals surface area contributed by atoms with E-state index in [9.17, 15) is 4.79 Å². The zero-order valence-electron chi connectivity index (χ0n) is 28.0. The van der Waals surface area contributed by atoms with Gasteiger partial charge in [0.2, 0.25) is 11.6 Å². The van der Waals surface area contributed by atoms with Crippen LogP contribution >= 0.6 is 0 Å². The van der Waals surface area contributed by atoms with Gasteiger partial charge in [-0.3, -0.25) is 4.79 Å². The Hall–Kier alpha value is -3.70. The van der Waals surface area contributed by atoms with Gasteiger partial charge in [0.1, 0.15) is 7.05 Å². The fourth-order valence-corrected chi connectivity index (χ4v) is 6.55. The number of nitrogens with zero attached hydrogens (tertiary/aromatic N) is 2. The van der Waals surface area contributed by atoms with Gasteiger partial charge in [-0.05, 0) is 44.4 Å². The van der Waals surface area contributed by atoms with Crippen LogP contribution in [0.1, 0.15) is 78.4 Å². The van der Waals surface area contributed by atoms with Crippen LogP contribution in [-0.4, -0.2) is 48.9 Å². The number of para-hydroxylation sites is 2. The van der Waals surface area contributed by atoms with Crippen molar-refractivity contribution in [1.29, 1.82) is 0 Å². The predicted molar refractivity (Wildman–Crippen MR) is 187 cm³/mol. The third-order valence-electron chi connectivity index (χ3n) is 8.98. The molecule has 2 aromatic rings. The Kier molecular flexibility index (Phi) is 11.2. The zero-order chi connectivity index (χ0) is 31.7. The smallest absolute Gasteiger partial charge is 0.220 e. The van der Waals surface area contributed by atoms with E-state index in [-0.39, 0.29) is 16.7 Å². The van der Waals surface area contributed by atoms with Crippen molar-refractivity contribution in [2.45, 2.75) is 84.1 Å². The molecule has 0 bridgehead atoms. The molecular formula is C39H53N4O+. The zero-order valence-corrected chi connectivity index (χ0v) is 28.0. The lowest BCUT2D eigenvalue weighted by atomic mass is 9.81. The molecule has 0 fully saturated rings. The summed E-state index contributed by atoms with van der Waals surface area (Å²) >= 11 is 0. The van der Waals surface area contributed by atoms with E-state index in [1.54, 1.807) is 0 Å². The topological polar surface area (TPSA) is 47.4 Å². The molecule has 2 N–H and O–H groups in total. The molecule has 2 heterocycles. The first-order valence-corrected chi connectivity index (χ1v) is 16.3. The Balaban J connectivity index is 1.34. The van der Waals surface area contributed by atoms with Crippen LogP contribution in [0.25, 0.3) is 0 Å². The first-order valence-electron chi connectivity index (χ1n) is 16.3. The van der Waals surface area contributed by atoms with Gasteiger partial charge in [0.25, 0.3) is 0 Å². The van der Waals surface area contributed by atoms with Crippen LogP contribution in [0.2, 0.25) is 0 Å². The summed E-state index contributed by atoms with van der Waals surface area (Å²) in [5, 5.41) is 6.36. The summed E-state index contributed by atoms with van der Waals surface area (Å²) in [4.78, 5) is 14.7. The molecule has 0 unspecified atom stereocenters. The van der Waals surface area contributed by atoms with E-state index in [2.05, 4.69) is 160 Å². The van der Waals surface area contributed by atoms with Crippen LogP contribution in [0.3, 0.4) is 0 Å². The van der Waals surface area contributed by atoms with Crippen LogP contribution in [0, 0.1) is 0 Å². The second-order valence-corrected chi connectivity index (χ2v) is 13.3. The molecule has 4 rings (SSSR count). The Morgan fingerprint density at radius 2 is 1.52 bits per heavy atom. The van der Waals surface area contributed by atoms with Crippen molar-refractivity contribution in [3.63, 3.8) is 0 Å². The van der Waals surface area contributed by atoms with E-state index < -0.39 is 0 Å². The molecular weight excluding hydrogens is 540 g/mol. The summed E-state index contributed by atoms with van der Waals surface area (Å²) in [6.45, 7) is 15.9. The summed E-state index contributed by atoms with van der Waals surface area (Å²) in [7, 11) is 2.15. The summed E-state index contributed by atoms with van der Waals surface area (Å²) in [5.74, 6) is 0.152. The summed E-state index contributed by atoms with van der Waals surface area (Å²) < 4.78 is 2.30. The van der Waals surface area contributed by atoms with Crippen molar-refractivity contribution in [3.8, 4) is 0 Å². The van der Waals surface area contributed by atoms with Gasteiger partial charge in [0.15, 0.2) is 5.71 Å². The van der Waals surface area contributed by atoms with E-state index in [1.807, 2.05) is 0 Å². The van der Waals surface area contributed by atoms with E-state index in [0.717, 1.165) is 32.4 Å². The second kappa shape index (κ2) is 14.9. The predicted octanol–water partition coefficient (Wildman–Crippen LogP) is 7.72. The monoisotopic (exact) mass is 593 g/mol. The summed E-state index contributed by atoms with van der Waals surface area (Å²) in [6.07, 6.45) is 18.7. The molecule has 2 aliphatic rings. The van der Waals surface area contributed by atoms with Gasteiger partial charge in [-0.15, -0.1) is 0 Å². The maximum Gasteiger partial charge on any atom is 0.220 e. The molecule has 5 heteroatoms.